The maximum Gasteiger partial charge on any atom is 1.00 e. The average molecular weight is 241 g/mol. The summed E-state index contributed by atoms with van der Waals surface area (Å²) < 4.78 is 0. The van der Waals surface area contributed by atoms with Gasteiger partial charge in [-0.2, -0.15) is 0 Å². The Kier molecular flexibility index (Phi) is 12.4. The molecule has 0 radical (unpaired) electrons. The van der Waals surface area contributed by atoms with Crippen LogP contribution >= 0.6 is 0 Å². The molecule has 1 aromatic rings. The van der Waals surface area contributed by atoms with Gasteiger partial charge < -0.3 is 28.3 Å². The fourth-order valence-corrected chi connectivity index (χ4v) is 0.973. The molecule has 0 saturated carbocycles. The predicted molar refractivity (Wildman–Crippen MR) is 55.8 cm³/mol. The third-order valence-corrected chi connectivity index (χ3v) is 1.71. The van der Waals surface area contributed by atoms with Gasteiger partial charge in [0.2, 0.25) is 0 Å². The van der Waals surface area contributed by atoms with Crippen molar-refractivity contribution in [3.63, 3.8) is 0 Å². The molecule has 0 spiro atoms. The van der Waals surface area contributed by atoms with Gasteiger partial charge in [0.1, 0.15) is 11.8 Å². The molecule has 1 rings (SSSR count). The third-order valence-electron chi connectivity index (χ3n) is 1.71. The molecule has 7 heteroatoms. The number of phenols is 1. The third kappa shape index (κ3) is 6.78. The number of nitrogens with two attached hydrogens (primary N) is 1. The minimum Gasteiger partial charge on any atom is -1.00 e. The van der Waals surface area contributed by atoms with E-state index in [1.807, 2.05) is 0 Å². The minimum absolute atomic E-state index is 0. The van der Waals surface area contributed by atoms with E-state index in [1.165, 1.54) is 12.1 Å². The minimum atomic E-state index is -1.02. The second-order valence-corrected chi connectivity index (χ2v) is 2.82. The Morgan fingerprint density at radius 3 is 2.12 bits per heavy atom. The molecule has 6 nitrogen and oxygen atoms in total. The molecule has 0 heterocycles. The van der Waals surface area contributed by atoms with E-state index >= 15 is 0 Å². The summed E-state index contributed by atoms with van der Waals surface area (Å²) in [5, 5.41) is 17.5. The first-order chi connectivity index (χ1) is 6.09. The summed E-state index contributed by atoms with van der Waals surface area (Å²) in [6.45, 7) is 0. The molecule has 0 aliphatic carbocycles. The van der Waals surface area contributed by atoms with E-state index in [0.717, 1.165) is 5.56 Å². The zero-order valence-electron chi connectivity index (χ0n) is 9.97. The second-order valence-electron chi connectivity index (χ2n) is 2.82. The van der Waals surface area contributed by atoms with Crippen LogP contribution in [0.4, 0.5) is 0 Å². The summed E-state index contributed by atoms with van der Waals surface area (Å²) in [5.74, 6) is -0.860. The van der Waals surface area contributed by atoms with Gasteiger partial charge in [-0.3, -0.25) is 4.79 Å². The molecule has 1 aromatic carbocycles. The van der Waals surface area contributed by atoms with Gasteiger partial charge in [-0.05, 0) is 24.1 Å². The molecule has 0 bridgehead atoms. The zero-order chi connectivity index (χ0) is 9.84. The standard InChI is InChI=1S/C9H11NO3.Na.2H2O.H/c10-8(9(12)13)5-6-1-3-7(11)4-2-6;;;;/h1-4,8,11H,5,10H2,(H,12,13);;2*1H2;/q;+1;;;-1/t8-;;;;/m0..../s1. The largest absolute Gasteiger partial charge is 1.00 e. The summed E-state index contributed by atoms with van der Waals surface area (Å²) in [4.78, 5) is 10.4. The van der Waals surface area contributed by atoms with Crippen molar-refractivity contribution >= 4 is 5.97 Å². The maximum absolute atomic E-state index is 10.4. The number of phenolic OH excluding ortho intramolecular Hbond substituents is 1. The molecular weight excluding hydrogens is 225 g/mol. The first-order valence-corrected chi connectivity index (χ1v) is 3.86. The molecule has 0 unspecified atom stereocenters. The van der Waals surface area contributed by atoms with Crippen LogP contribution in [0, 0.1) is 0 Å². The Bertz CT molecular complexity index is 309. The number of hydrogen-bond donors (Lipinski definition) is 3. The molecule has 0 saturated heterocycles. The van der Waals surface area contributed by atoms with Crippen molar-refractivity contribution in [1.29, 1.82) is 0 Å². The van der Waals surface area contributed by atoms with Crippen molar-refractivity contribution in [3.05, 3.63) is 29.8 Å². The number of aliphatic carboxylic acids is 1. The summed E-state index contributed by atoms with van der Waals surface area (Å²) in [5.41, 5.74) is 6.12. The van der Waals surface area contributed by atoms with E-state index in [9.17, 15) is 4.79 Å². The quantitative estimate of drug-likeness (QED) is 0.460. The average Bonchev–Trinajstić information content (AvgIpc) is 2.08. The fraction of sp³-hybridized carbons (Fsp3) is 0.222. The number of aromatic hydroxyl groups is 1. The van der Waals surface area contributed by atoms with Crippen LogP contribution in [0.2, 0.25) is 0 Å². The SMILES string of the molecule is N[C@@H](Cc1ccc(O)cc1)C(=O)O.O.O.[H-].[Na+]. The summed E-state index contributed by atoms with van der Waals surface area (Å²) in [6.07, 6.45) is 0.273. The van der Waals surface area contributed by atoms with Crippen molar-refractivity contribution < 1.29 is 56.9 Å². The van der Waals surface area contributed by atoms with E-state index in [0.29, 0.717) is 0 Å². The normalized spacial score (nSPS) is 10.1. The van der Waals surface area contributed by atoms with E-state index in [2.05, 4.69) is 0 Å². The molecule has 0 aromatic heterocycles. The van der Waals surface area contributed by atoms with Crippen molar-refractivity contribution in [3.8, 4) is 5.75 Å². The van der Waals surface area contributed by atoms with Gasteiger partial charge in [0.25, 0.3) is 0 Å². The van der Waals surface area contributed by atoms with Gasteiger partial charge in [-0.15, -0.1) is 0 Å². The first kappa shape index (κ1) is 20.7. The van der Waals surface area contributed by atoms with Gasteiger partial charge in [0.05, 0.1) is 0 Å². The van der Waals surface area contributed by atoms with Crippen LogP contribution < -0.4 is 35.3 Å². The second kappa shape index (κ2) is 9.59. The van der Waals surface area contributed by atoms with Crippen LogP contribution in [0.25, 0.3) is 0 Å². The fourth-order valence-electron chi connectivity index (χ4n) is 0.973. The molecule has 0 aliphatic heterocycles. The van der Waals surface area contributed by atoms with Crippen molar-refractivity contribution in [2.75, 3.05) is 0 Å². The van der Waals surface area contributed by atoms with E-state index in [-0.39, 0.29) is 54.1 Å². The van der Waals surface area contributed by atoms with Crippen LogP contribution in [0.15, 0.2) is 24.3 Å². The summed E-state index contributed by atoms with van der Waals surface area (Å²) in [6, 6.07) is 5.42. The van der Waals surface area contributed by atoms with E-state index < -0.39 is 12.0 Å². The Morgan fingerprint density at radius 2 is 1.75 bits per heavy atom. The van der Waals surface area contributed by atoms with E-state index in [4.69, 9.17) is 15.9 Å². The number of benzene rings is 1. The number of carboxylic acid groups (broad SMARTS) is 1. The maximum atomic E-state index is 10.4. The van der Waals surface area contributed by atoms with Crippen molar-refractivity contribution in [2.24, 2.45) is 5.73 Å². The van der Waals surface area contributed by atoms with Gasteiger partial charge in [0.15, 0.2) is 0 Å². The molecule has 0 fully saturated rings. The van der Waals surface area contributed by atoms with Gasteiger partial charge in [0, 0.05) is 0 Å². The van der Waals surface area contributed by atoms with Gasteiger partial charge in [-0.25, -0.2) is 0 Å². The van der Waals surface area contributed by atoms with Crippen molar-refractivity contribution in [2.45, 2.75) is 12.5 Å². The Hall–Kier alpha value is -0.630. The van der Waals surface area contributed by atoms with Gasteiger partial charge >= 0.3 is 35.5 Å². The number of rotatable bonds is 3. The van der Waals surface area contributed by atoms with Crippen LogP contribution in [-0.4, -0.2) is 33.2 Å². The smallest absolute Gasteiger partial charge is 1.00 e. The molecule has 16 heavy (non-hydrogen) atoms. The predicted octanol–water partition coefficient (Wildman–Crippen LogP) is -4.19. The van der Waals surface area contributed by atoms with Crippen LogP contribution in [0.1, 0.15) is 6.99 Å². The molecule has 88 valence electrons. The van der Waals surface area contributed by atoms with Crippen LogP contribution in [-0.2, 0) is 11.2 Å². The number of carbonyl (C=O) groups is 1. The van der Waals surface area contributed by atoms with Crippen LogP contribution in [0.3, 0.4) is 0 Å². The number of hydrogen-bond acceptors (Lipinski definition) is 3. The summed E-state index contributed by atoms with van der Waals surface area (Å²) in [7, 11) is 0. The number of carboxylic acids is 1. The Morgan fingerprint density at radius 1 is 1.31 bits per heavy atom. The van der Waals surface area contributed by atoms with Crippen molar-refractivity contribution in [1.82, 2.24) is 0 Å². The molecule has 1 atom stereocenters. The Balaban J connectivity index is -0.000000211. The topological polar surface area (TPSA) is 147 Å². The molecule has 0 aliphatic rings. The molecular formula is C9H16NNaO5. The first-order valence-electron chi connectivity index (χ1n) is 3.86. The van der Waals surface area contributed by atoms with E-state index in [1.54, 1.807) is 12.1 Å². The summed E-state index contributed by atoms with van der Waals surface area (Å²) >= 11 is 0. The molecule has 8 N–H and O–H groups in total. The zero-order valence-corrected chi connectivity index (χ0v) is 11.0. The van der Waals surface area contributed by atoms with Gasteiger partial charge in [-0.1, -0.05) is 12.1 Å². The van der Waals surface area contributed by atoms with Crippen LogP contribution in [0.5, 0.6) is 5.75 Å². The monoisotopic (exact) mass is 241 g/mol. The Labute approximate surface area is 116 Å². The molecule has 0 amide bonds.